The average molecular weight is 463 g/mol. The van der Waals surface area contributed by atoms with Gasteiger partial charge >= 0.3 is 0 Å². The van der Waals surface area contributed by atoms with Crippen molar-refractivity contribution in [1.29, 1.82) is 0 Å². The highest BCUT2D eigenvalue weighted by Crippen LogP contribution is 2.43. The Morgan fingerprint density at radius 1 is 0.914 bits per heavy atom. The van der Waals surface area contributed by atoms with Gasteiger partial charge in [0, 0.05) is 12.1 Å². The highest BCUT2D eigenvalue weighted by atomic mass is 16.3. The highest BCUT2D eigenvalue weighted by Gasteiger charge is 2.42. The normalized spacial score (nSPS) is 21.5. The zero-order valence-electron chi connectivity index (χ0n) is 19.7. The van der Waals surface area contributed by atoms with E-state index in [4.69, 9.17) is 9.41 Å². The monoisotopic (exact) mass is 462 g/mol. The molecule has 0 radical (unpaired) electrons. The molecule has 4 aromatic rings. The highest BCUT2D eigenvalue weighted by molar-refractivity contribution is 6.11. The molecular formula is C30H26N2O3. The number of rotatable bonds is 2. The third-order valence-electron chi connectivity index (χ3n) is 7.26. The lowest BCUT2D eigenvalue weighted by molar-refractivity contribution is -0.122. The number of nitrogens with zero attached hydrogens (tertiary/aromatic N) is 1. The third-order valence-corrected chi connectivity index (χ3v) is 7.26. The van der Waals surface area contributed by atoms with Gasteiger partial charge in [0.2, 0.25) is 0 Å². The van der Waals surface area contributed by atoms with E-state index >= 15 is 0 Å². The van der Waals surface area contributed by atoms with E-state index in [1.807, 2.05) is 49.4 Å². The van der Waals surface area contributed by atoms with Crippen molar-refractivity contribution in [2.24, 2.45) is 10.9 Å². The Bertz CT molecular complexity index is 1550. The van der Waals surface area contributed by atoms with Gasteiger partial charge in [0.1, 0.15) is 17.6 Å². The molecule has 2 aliphatic rings. The number of carbonyl (C=O) groups excluding carboxylic acids is 1. The van der Waals surface area contributed by atoms with Gasteiger partial charge < -0.3 is 9.73 Å². The standard InChI is InChI=1S/C30H26N2O3/c1-17-7-10-19(11-8-17)20-14-25-28(26(33)15-20)29(32-24-6-4-3-5-23(24)31-25)22-16-35-27-12-9-18(2)13-21(27)30(22)34/h3-13,16,20,28-29,32H,14-15H2,1-2H3. The van der Waals surface area contributed by atoms with Crippen LogP contribution in [0.3, 0.4) is 0 Å². The van der Waals surface area contributed by atoms with Crippen molar-refractivity contribution in [3.05, 3.63) is 105 Å². The van der Waals surface area contributed by atoms with Gasteiger partial charge in [-0.15, -0.1) is 0 Å². The quantitative estimate of drug-likeness (QED) is 0.374. The smallest absolute Gasteiger partial charge is 0.197 e. The van der Waals surface area contributed by atoms with Crippen molar-refractivity contribution in [2.75, 3.05) is 5.32 Å². The second kappa shape index (κ2) is 8.35. The second-order valence-electron chi connectivity index (χ2n) is 9.72. The number of Topliss-reactive ketones (excluding diaryl/α,β-unsaturated/α-hetero) is 1. The molecule has 1 aromatic heterocycles. The molecule has 0 spiro atoms. The van der Waals surface area contributed by atoms with E-state index in [9.17, 15) is 9.59 Å². The molecule has 0 amide bonds. The van der Waals surface area contributed by atoms with E-state index in [-0.39, 0.29) is 17.1 Å². The van der Waals surface area contributed by atoms with Crippen LogP contribution in [0.1, 0.15) is 47.1 Å². The van der Waals surface area contributed by atoms with Crippen LogP contribution in [0, 0.1) is 19.8 Å². The van der Waals surface area contributed by atoms with Gasteiger partial charge in [0.05, 0.1) is 34.3 Å². The summed E-state index contributed by atoms with van der Waals surface area (Å²) in [5.41, 5.74) is 6.62. The number of ketones is 1. The summed E-state index contributed by atoms with van der Waals surface area (Å²) in [5.74, 6) is -0.372. The van der Waals surface area contributed by atoms with E-state index in [1.54, 1.807) is 0 Å². The molecule has 6 rings (SSSR count). The first-order chi connectivity index (χ1) is 17.0. The number of aliphatic imine (C=N–C) groups is 1. The minimum Gasteiger partial charge on any atom is -0.464 e. The van der Waals surface area contributed by atoms with E-state index in [1.165, 1.54) is 11.8 Å². The fraction of sp³-hybridized carbons (Fsp3) is 0.233. The Hall–Kier alpha value is -3.99. The second-order valence-corrected chi connectivity index (χ2v) is 9.72. The van der Waals surface area contributed by atoms with Crippen LogP contribution in [-0.2, 0) is 4.79 Å². The predicted octanol–water partition coefficient (Wildman–Crippen LogP) is 6.41. The molecule has 0 saturated heterocycles. The lowest BCUT2D eigenvalue weighted by Gasteiger charge is -2.33. The van der Waals surface area contributed by atoms with Crippen molar-refractivity contribution in [2.45, 2.75) is 38.6 Å². The van der Waals surface area contributed by atoms with Gasteiger partial charge in [-0.3, -0.25) is 14.6 Å². The molecule has 174 valence electrons. The molecule has 3 aromatic carbocycles. The number of anilines is 1. The summed E-state index contributed by atoms with van der Waals surface area (Å²) in [6.07, 6.45) is 2.60. The molecule has 3 unspecified atom stereocenters. The minimum absolute atomic E-state index is 0.0691. The molecule has 3 atom stereocenters. The van der Waals surface area contributed by atoms with Crippen molar-refractivity contribution < 1.29 is 9.21 Å². The van der Waals surface area contributed by atoms with E-state index in [2.05, 4.69) is 36.5 Å². The summed E-state index contributed by atoms with van der Waals surface area (Å²) in [7, 11) is 0. The van der Waals surface area contributed by atoms with Gasteiger partial charge in [-0.25, -0.2) is 0 Å². The Balaban J connectivity index is 1.49. The van der Waals surface area contributed by atoms with Crippen LogP contribution in [0.15, 0.2) is 87.2 Å². The molecule has 2 heterocycles. The number of hydrogen-bond donors (Lipinski definition) is 1. The number of hydrogen-bond acceptors (Lipinski definition) is 5. The fourth-order valence-electron chi connectivity index (χ4n) is 5.41. The number of benzene rings is 3. The summed E-state index contributed by atoms with van der Waals surface area (Å²) >= 11 is 0. The maximum absolute atomic E-state index is 13.7. The van der Waals surface area contributed by atoms with Crippen molar-refractivity contribution >= 4 is 33.8 Å². The van der Waals surface area contributed by atoms with Gasteiger partial charge in [-0.1, -0.05) is 53.6 Å². The van der Waals surface area contributed by atoms with Crippen molar-refractivity contribution in [3.8, 4) is 0 Å². The first kappa shape index (κ1) is 21.5. The molecule has 0 bridgehead atoms. The van der Waals surface area contributed by atoms with Gasteiger partial charge in [-0.05, 0) is 56.0 Å². The van der Waals surface area contributed by atoms with Crippen LogP contribution >= 0.6 is 0 Å². The molecule has 1 N–H and O–H groups in total. The largest absolute Gasteiger partial charge is 0.464 e. The number of nitrogens with one attached hydrogen (secondary N) is 1. The number of fused-ring (bicyclic) bond motifs is 3. The number of aryl methyl sites for hydroxylation is 2. The lowest BCUT2D eigenvalue weighted by atomic mass is 9.72. The van der Waals surface area contributed by atoms with Crippen molar-refractivity contribution in [1.82, 2.24) is 0 Å². The lowest BCUT2D eigenvalue weighted by Crippen LogP contribution is -2.40. The van der Waals surface area contributed by atoms with E-state index < -0.39 is 12.0 Å². The summed E-state index contributed by atoms with van der Waals surface area (Å²) in [4.78, 5) is 32.4. The Morgan fingerprint density at radius 3 is 2.51 bits per heavy atom. The molecule has 1 aliphatic carbocycles. The number of carbonyl (C=O) groups is 1. The Kier molecular flexibility index (Phi) is 5.14. The predicted molar refractivity (Wildman–Crippen MR) is 139 cm³/mol. The van der Waals surface area contributed by atoms with Gasteiger partial charge in [0.15, 0.2) is 5.43 Å². The molecular weight excluding hydrogens is 436 g/mol. The topological polar surface area (TPSA) is 71.7 Å². The SMILES string of the molecule is Cc1ccc(C2CC(=O)C3C(=Nc4ccccc4NC3c3coc4ccc(C)cc4c3=O)C2)cc1. The summed E-state index contributed by atoms with van der Waals surface area (Å²) in [5, 5.41) is 4.02. The summed E-state index contributed by atoms with van der Waals surface area (Å²) in [6, 6.07) is 21.2. The molecule has 1 fully saturated rings. The first-order valence-electron chi connectivity index (χ1n) is 12.0. The van der Waals surface area contributed by atoms with Crippen molar-refractivity contribution in [3.63, 3.8) is 0 Å². The fourth-order valence-corrected chi connectivity index (χ4v) is 5.41. The zero-order valence-corrected chi connectivity index (χ0v) is 19.7. The van der Waals surface area contributed by atoms with Gasteiger partial charge in [-0.2, -0.15) is 0 Å². The molecule has 1 aliphatic heterocycles. The Morgan fingerprint density at radius 2 is 1.69 bits per heavy atom. The van der Waals surface area contributed by atoms with Crippen LogP contribution in [0.5, 0.6) is 0 Å². The molecule has 1 saturated carbocycles. The maximum atomic E-state index is 13.7. The first-order valence-corrected chi connectivity index (χ1v) is 12.0. The molecule has 35 heavy (non-hydrogen) atoms. The van der Waals surface area contributed by atoms with Crippen LogP contribution in [0.25, 0.3) is 11.0 Å². The minimum atomic E-state index is -0.551. The average Bonchev–Trinajstić information content (AvgIpc) is 3.02. The van der Waals surface area contributed by atoms with E-state index in [0.29, 0.717) is 29.4 Å². The third kappa shape index (κ3) is 3.77. The number of para-hydroxylation sites is 2. The molecule has 5 heteroatoms. The Labute approximate surface area is 203 Å². The van der Waals surface area contributed by atoms with Crippen LogP contribution in [0.2, 0.25) is 0 Å². The maximum Gasteiger partial charge on any atom is 0.197 e. The zero-order chi connectivity index (χ0) is 24.1. The van der Waals surface area contributed by atoms with Crippen LogP contribution in [0.4, 0.5) is 11.4 Å². The van der Waals surface area contributed by atoms with Crippen LogP contribution in [-0.4, -0.2) is 11.5 Å². The van der Waals surface area contributed by atoms with Gasteiger partial charge in [0.25, 0.3) is 0 Å². The van der Waals surface area contributed by atoms with E-state index in [0.717, 1.165) is 28.2 Å². The summed E-state index contributed by atoms with van der Waals surface area (Å²) in [6.45, 7) is 4.01. The van der Waals surface area contributed by atoms with Crippen LogP contribution < -0.4 is 10.7 Å². The molecule has 5 nitrogen and oxygen atoms in total. The summed E-state index contributed by atoms with van der Waals surface area (Å²) < 4.78 is 5.89.